The van der Waals surface area contributed by atoms with Crippen molar-refractivity contribution in [1.82, 2.24) is 14.7 Å². The first-order chi connectivity index (χ1) is 24.7. The molecule has 2 saturated heterocycles. The minimum absolute atomic E-state index is 0.00363. The molecule has 14 heteroatoms. The molecule has 6 atom stereocenters. The Morgan fingerprint density at radius 1 is 1.08 bits per heavy atom. The van der Waals surface area contributed by atoms with Gasteiger partial charge in [-0.05, 0) is 86.4 Å². The number of hydrogen-bond acceptors (Lipinski definition) is 8. The maximum atomic E-state index is 15.0. The van der Waals surface area contributed by atoms with Crippen LogP contribution in [0.5, 0.6) is 5.75 Å². The summed E-state index contributed by atoms with van der Waals surface area (Å²) in [6.45, 7) is 3.75. The van der Waals surface area contributed by atoms with Crippen LogP contribution in [0, 0.1) is 36.0 Å². The molecule has 52 heavy (non-hydrogen) atoms. The number of aromatic nitrogens is 2. The predicted molar refractivity (Wildman–Crippen MR) is 198 cm³/mol. The van der Waals surface area contributed by atoms with Crippen molar-refractivity contribution in [2.24, 2.45) is 36.1 Å². The van der Waals surface area contributed by atoms with Gasteiger partial charge in [0.25, 0.3) is 0 Å². The van der Waals surface area contributed by atoms with E-state index in [2.05, 4.69) is 15.9 Å². The monoisotopic (exact) mass is 804 g/mol. The lowest BCUT2D eigenvalue weighted by atomic mass is 9.51. The number of aromatic hydroxyl groups is 1. The molecule has 0 radical (unpaired) electrons. The first-order valence-electron chi connectivity index (χ1n) is 17.1. The van der Waals surface area contributed by atoms with Crippen LogP contribution in [-0.2, 0) is 31.0 Å². The zero-order chi connectivity index (χ0) is 37.0. The van der Waals surface area contributed by atoms with Gasteiger partial charge in [-0.2, -0.15) is 5.10 Å². The molecule has 0 bridgehead atoms. The molecule has 8 rings (SSSR count). The molecule has 2 N–H and O–H groups in total. The van der Waals surface area contributed by atoms with Crippen LogP contribution in [-0.4, -0.2) is 61.0 Å². The molecule has 4 aliphatic rings. The minimum Gasteiger partial charge on any atom is -0.508 e. The molecule has 0 spiro atoms. The molecular formula is C38H34BrClN4O7S. The summed E-state index contributed by atoms with van der Waals surface area (Å²) in [5, 5.41) is 26.9. The van der Waals surface area contributed by atoms with Crippen LogP contribution >= 0.6 is 38.9 Å². The van der Waals surface area contributed by atoms with Crippen LogP contribution in [0.25, 0.3) is 20.7 Å². The second kappa shape index (κ2) is 12.4. The van der Waals surface area contributed by atoms with Crippen molar-refractivity contribution in [3.8, 4) is 16.3 Å². The molecular weight excluding hydrogens is 772 g/mol. The zero-order valence-corrected chi connectivity index (χ0v) is 31.6. The summed E-state index contributed by atoms with van der Waals surface area (Å²) in [6, 6.07) is 12.4. The molecule has 11 nitrogen and oxygen atoms in total. The number of amides is 4. The fourth-order valence-electron chi connectivity index (χ4n) is 9.22. The molecule has 2 aliphatic heterocycles. The summed E-state index contributed by atoms with van der Waals surface area (Å²) in [7, 11) is 1.69. The number of thiophene rings is 1. The third-order valence-corrected chi connectivity index (χ3v) is 13.7. The van der Waals surface area contributed by atoms with Crippen LogP contribution in [0.2, 0.25) is 5.02 Å². The first kappa shape index (κ1) is 34.7. The van der Waals surface area contributed by atoms with Crippen LogP contribution in [0.3, 0.4) is 0 Å². The number of benzene rings is 2. The maximum absolute atomic E-state index is 15.0. The Balaban J connectivity index is 1.22. The number of carboxylic acid groups (broad SMARTS) is 1. The number of aliphatic carboxylic acids is 1. The number of fused-ring (bicyclic) bond motifs is 5. The average molecular weight is 806 g/mol. The SMILES string of the molecule is Cc1c(-c2cc(N3C(=O)[C@@H]4C[C@@H]5C(=CC[C@@H]6C(=O)N(CCCC(=O)O)C(=O)[C@@H]65)[C@H](c5cc(Br)ccc5O)[C@]4(C)C3=O)n(C)n2)sc2ccc(Cl)cc12. The van der Waals surface area contributed by atoms with Crippen molar-refractivity contribution in [3.63, 3.8) is 0 Å². The Labute approximate surface area is 316 Å². The first-order valence-corrected chi connectivity index (χ1v) is 19.1. The highest BCUT2D eigenvalue weighted by Crippen LogP contribution is 2.64. The number of nitrogens with zero attached hydrogens (tertiary/aromatic N) is 4. The van der Waals surface area contributed by atoms with E-state index in [0.717, 1.165) is 26.1 Å². The zero-order valence-electron chi connectivity index (χ0n) is 28.4. The van der Waals surface area contributed by atoms with E-state index in [9.17, 15) is 29.1 Å². The smallest absolute Gasteiger partial charge is 0.303 e. The van der Waals surface area contributed by atoms with E-state index in [4.69, 9.17) is 21.8 Å². The van der Waals surface area contributed by atoms with Crippen LogP contribution in [0.15, 0.2) is 58.6 Å². The average Bonchev–Trinajstić information content (AvgIpc) is 3.76. The normalized spacial score (nSPS) is 26.9. The van der Waals surface area contributed by atoms with Gasteiger partial charge >= 0.3 is 5.97 Å². The molecule has 1 saturated carbocycles. The van der Waals surface area contributed by atoms with Crippen molar-refractivity contribution in [1.29, 1.82) is 0 Å². The number of carboxylic acids is 1. The van der Waals surface area contributed by atoms with Crippen LogP contribution in [0.1, 0.15) is 49.7 Å². The van der Waals surface area contributed by atoms with Crippen molar-refractivity contribution < 1.29 is 34.2 Å². The van der Waals surface area contributed by atoms with E-state index >= 15 is 0 Å². The quantitative estimate of drug-likeness (QED) is 0.153. The van der Waals surface area contributed by atoms with Gasteiger partial charge in [0, 0.05) is 51.8 Å². The fraction of sp³-hybridized carbons (Fsp3) is 0.368. The van der Waals surface area contributed by atoms with Gasteiger partial charge in [0.05, 0.1) is 28.0 Å². The van der Waals surface area contributed by atoms with E-state index in [1.54, 1.807) is 43.5 Å². The Kier molecular flexibility index (Phi) is 8.27. The van der Waals surface area contributed by atoms with E-state index in [1.807, 2.05) is 31.2 Å². The molecule has 2 aliphatic carbocycles. The van der Waals surface area contributed by atoms with Crippen LogP contribution in [0.4, 0.5) is 5.82 Å². The number of hydrogen-bond donors (Lipinski definition) is 2. The fourth-order valence-corrected chi connectivity index (χ4v) is 10.9. The summed E-state index contributed by atoms with van der Waals surface area (Å²) < 4.78 is 3.23. The number of allylic oxidation sites excluding steroid dienone is 2. The highest BCUT2D eigenvalue weighted by molar-refractivity contribution is 9.10. The number of halogens is 2. The Bertz CT molecular complexity index is 2300. The molecule has 2 aromatic carbocycles. The molecule has 4 amide bonds. The number of aryl methyl sites for hydroxylation is 2. The van der Waals surface area contributed by atoms with Crippen molar-refractivity contribution in [2.75, 3.05) is 11.4 Å². The largest absolute Gasteiger partial charge is 0.508 e. The van der Waals surface area contributed by atoms with E-state index < -0.39 is 52.8 Å². The molecule has 268 valence electrons. The van der Waals surface area contributed by atoms with Crippen molar-refractivity contribution in [3.05, 3.63) is 74.7 Å². The molecule has 3 fully saturated rings. The predicted octanol–water partition coefficient (Wildman–Crippen LogP) is 6.83. The van der Waals surface area contributed by atoms with Crippen molar-refractivity contribution in [2.45, 2.75) is 45.4 Å². The lowest BCUT2D eigenvalue weighted by Gasteiger charge is -2.49. The number of rotatable bonds is 7. The Morgan fingerprint density at radius 3 is 2.60 bits per heavy atom. The van der Waals surface area contributed by atoms with Gasteiger partial charge < -0.3 is 10.2 Å². The lowest BCUT2D eigenvalue weighted by Crippen LogP contribution is -2.49. The number of phenolic OH excluding ortho intramolecular Hbond substituents is 1. The highest BCUT2D eigenvalue weighted by Gasteiger charge is 2.68. The third kappa shape index (κ3) is 5.02. The van der Waals surface area contributed by atoms with Crippen molar-refractivity contribution >= 4 is 84.4 Å². The topological polar surface area (TPSA) is 150 Å². The summed E-state index contributed by atoms with van der Waals surface area (Å²) in [6.07, 6.45) is 2.28. The summed E-state index contributed by atoms with van der Waals surface area (Å²) in [4.78, 5) is 71.8. The van der Waals surface area contributed by atoms with E-state index in [1.165, 1.54) is 20.5 Å². The summed E-state index contributed by atoms with van der Waals surface area (Å²) >= 11 is 11.4. The Hall–Kier alpha value is -4.33. The maximum Gasteiger partial charge on any atom is 0.303 e. The Morgan fingerprint density at radius 2 is 1.85 bits per heavy atom. The molecule has 2 aromatic heterocycles. The van der Waals surface area contributed by atoms with Gasteiger partial charge in [-0.3, -0.25) is 33.6 Å². The van der Waals surface area contributed by atoms with E-state index in [-0.39, 0.29) is 49.8 Å². The van der Waals surface area contributed by atoms with Gasteiger partial charge in [0.15, 0.2) is 0 Å². The summed E-state index contributed by atoms with van der Waals surface area (Å²) in [5.74, 6) is -6.04. The van der Waals surface area contributed by atoms with Gasteiger partial charge in [0.1, 0.15) is 17.3 Å². The highest BCUT2D eigenvalue weighted by atomic mass is 79.9. The second-order valence-electron chi connectivity index (χ2n) is 14.4. The van der Waals surface area contributed by atoms with Gasteiger partial charge in [-0.1, -0.05) is 39.2 Å². The molecule has 0 unspecified atom stereocenters. The van der Waals surface area contributed by atoms with Gasteiger partial charge in [-0.15, -0.1) is 11.3 Å². The minimum atomic E-state index is -1.36. The van der Waals surface area contributed by atoms with Gasteiger partial charge in [-0.25, -0.2) is 4.90 Å². The van der Waals surface area contributed by atoms with Gasteiger partial charge in [0.2, 0.25) is 23.6 Å². The lowest BCUT2D eigenvalue weighted by molar-refractivity contribution is -0.142. The second-order valence-corrected chi connectivity index (χ2v) is 16.8. The third-order valence-electron chi connectivity index (χ3n) is 11.7. The molecule has 4 aromatic rings. The van der Waals surface area contributed by atoms with E-state index in [0.29, 0.717) is 26.6 Å². The number of anilines is 1. The number of imide groups is 2. The number of carbonyl (C=O) groups excluding carboxylic acids is 4. The summed E-state index contributed by atoms with van der Waals surface area (Å²) in [5.41, 5.74) is 1.42. The van der Waals surface area contributed by atoms with Crippen LogP contribution < -0.4 is 4.90 Å². The number of likely N-dealkylation sites (tertiary alicyclic amines) is 1. The number of phenols is 1. The number of carbonyl (C=O) groups is 5. The standard InChI is InChI=1S/C38H34BrClN4O7S/c1-17-22-14-19(40)7-11-28(22)52-33(17)26-16-29(42(3)41-26)44-35(49)25-15-23-20(32(38(25,2)37(44)51)24-13-18(39)6-10-27(24)45)8-9-21-31(23)36(50)43(34(21)48)12-4-5-30(46)47/h6-8,10-11,13-14,16,21,23,25,31-32,45H,4-5,9,12,15H2,1-3H3,(H,46,47)/t21-,23+,25-,31-,32+,38+/m0/s1. The molecule has 4 heterocycles.